The molecule has 21 heavy (non-hydrogen) atoms. The van der Waals surface area contributed by atoms with E-state index in [0.29, 0.717) is 12.3 Å². The lowest BCUT2D eigenvalue weighted by atomic mass is 10.2. The van der Waals surface area contributed by atoms with Crippen LogP contribution >= 0.6 is 24.8 Å². The number of amides is 1. The van der Waals surface area contributed by atoms with Crippen molar-refractivity contribution in [3.05, 3.63) is 36.3 Å². The number of pyridine rings is 1. The van der Waals surface area contributed by atoms with Crippen molar-refractivity contribution in [1.29, 1.82) is 0 Å². The molecular weight excluding hydrogens is 315 g/mol. The molecule has 0 unspecified atom stereocenters. The standard InChI is InChI=1S/C13H16N4O2.2ClH/c1-2-14-6-7-16-13(18)11-8-12(19-17-11)10-4-3-5-15-9-10;;/h3-5,8-9,14H,2,6-7H2,1H3,(H,16,18);2*1H. The molecule has 2 aromatic rings. The Hall–Kier alpha value is -1.63. The van der Waals surface area contributed by atoms with E-state index in [9.17, 15) is 4.79 Å². The molecule has 8 heteroatoms. The van der Waals surface area contributed by atoms with Crippen LogP contribution in [-0.2, 0) is 0 Å². The fourth-order valence-electron chi connectivity index (χ4n) is 1.56. The van der Waals surface area contributed by atoms with Crippen LogP contribution in [0.15, 0.2) is 35.1 Å². The molecule has 116 valence electrons. The van der Waals surface area contributed by atoms with Crippen LogP contribution < -0.4 is 10.6 Å². The van der Waals surface area contributed by atoms with Crippen LogP contribution in [0, 0.1) is 0 Å². The number of aromatic nitrogens is 2. The first-order chi connectivity index (χ1) is 9.31. The average molecular weight is 333 g/mol. The van der Waals surface area contributed by atoms with Gasteiger partial charge in [0.2, 0.25) is 0 Å². The van der Waals surface area contributed by atoms with Gasteiger partial charge in [-0.1, -0.05) is 12.1 Å². The van der Waals surface area contributed by atoms with Gasteiger partial charge >= 0.3 is 0 Å². The van der Waals surface area contributed by atoms with Gasteiger partial charge in [-0.15, -0.1) is 24.8 Å². The molecule has 0 aliphatic carbocycles. The van der Waals surface area contributed by atoms with E-state index in [1.807, 2.05) is 13.0 Å². The van der Waals surface area contributed by atoms with E-state index >= 15 is 0 Å². The summed E-state index contributed by atoms with van der Waals surface area (Å²) in [6.07, 6.45) is 3.33. The zero-order valence-corrected chi connectivity index (χ0v) is 13.2. The quantitative estimate of drug-likeness (QED) is 0.790. The highest BCUT2D eigenvalue weighted by Gasteiger charge is 2.12. The van der Waals surface area contributed by atoms with Crippen LogP contribution in [0.25, 0.3) is 11.3 Å². The number of carbonyl (C=O) groups excluding carboxylic acids is 1. The smallest absolute Gasteiger partial charge is 0.273 e. The molecule has 0 aromatic carbocycles. The average Bonchev–Trinajstić information content (AvgIpc) is 2.94. The highest BCUT2D eigenvalue weighted by atomic mass is 35.5. The van der Waals surface area contributed by atoms with Gasteiger partial charge in [0.05, 0.1) is 0 Å². The van der Waals surface area contributed by atoms with Crippen LogP contribution in [-0.4, -0.2) is 35.7 Å². The van der Waals surface area contributed by atoms with E-state index < -0.39 is 0 Å². The second-order valence-electron chi connectivity index (χ2n) is 3.93. The molecule has 2 N–H and O–H groups in total. The number of nitrogens with one attached hydrogen (secondary N) is 2. The molecule has 1 amide bonds. The van der Waals surface area contributed by atoms with Crippen LogP contribution in [0.3, 0.4) is 0 Å². The molecule has 2 heterocycles. The lowest BCUT2D eigenvalue weighted by Crippen LogP contribution is -2.31. The Labute approximate surface area is 135 Å². The van der Waals surface area contributed by atoms with Crippen LogP contribution in [0.4, 0.5) is 0 Å². The largest absolute Gasteiger partial charge is 0.355 e. The van der Waals surface area contributed by atoms with Gasteiger partial charge < -0.3 is 15.2 Å². The molecule has 0 saturated carbocycles. The van der Waals surface area contributed by atoms with Crippen molar-refractivity contribution in [3.63, 3.8) is 0 Å². The molecule has 0 aliphatic heterocycles. The summed E-state index contributed by atoms with van der Waals surface area (Å²) in [5.41, 5.74) is 1.07. The fourth-order valence-corrected chi connectivity index (χ4v) is 1.56. The van der Waals surface area contributed by atoms with Gasteiger partial charge in [-0.3, -0.25) is 9.78 Å². The van der Waals surface area contributed by atoms with Gasteiger partial charge in [0, 0.05) is 37.1 Å². The number of hydrogen-bond donors (Lipinski definition) is 2. The zero-order valence-electron chi connectivity index (χ0n) is 11.5. The third-order valence-corrected chi connectivity index (χ3v) is 2.53. The normalized spacial score (nSPS) is 9.38. The number of nitrogens with zero attached hydrogens (tertiary/aromatic N) is 2. The molecule has 0 saturated heterocycles. The second-order valence-corrected chi connectivity index (χ2v) is 3.93. The number of halogens is 2. The molecule has 0 atom stereocenters. The van der Waals surface area contributed by atoms with Gasteiger partial charge in [0.1, 0.15) is 0 Å². The Morgan fingerprint density at radius 3 is 2.81 bits per heavy atom. The van der Waals surface area contributed by atoms with Crippen molar-refractivity contribution in [1.82, 2.24) is 20.8 Å². The predicted octanol–water partition coefficient (Wildman–Crippen LogP) is 1.92. The molecule has 6 nitrogen and oxygen atoms in total. The summed E-state index contributed by atoms with van der Waals surface area (Å²) >= 11 is 0. The van der Waals surface area contributed by atoms with Crippen molar-refractivity contribution >= 4 is 30.7 Å². The Bertz CT molecular complexity index is 534. The van der Waals surface area contributed by atoms with Crippen molar-refractivity contribution in [2.45, 2.75) is 6.92 Å². The van der Waals surface area contributed by atoms with E-state index in [2.05, 4.69) is 20.8 Å². The minimum Gasteiger partial charge on any atom is -0.355 e. The molecule has 2 aromatic heterocycles. The summed E-state index contributed by atoms with van der Waals surface area (Å²) < 4.78 is 5.13. The second kappa shape index (κ2) is 10.1. The molecule has 0 radical (unpaired) electrons. The lowest BCUT2D eigenvalue weighted by Gasteiger charge is -2.02. The SMILES string of the molecule is CCNCCNC(=O)c1cc(-c2cccnc2)on1.Cl.Cl. The summed E-state index contributed by atoms with van der Waals surface area (Å²) in [7, 11) is 0. The first-order valence-corrected chi connectivity index (χ1v) is 6.17. The summed E-state index contributed by atoms with van der Waals surface area (Å²) in [6.45, 7) is 4.18. The van der Waals surface area contributed by atoms with Gasteiger partial charge in [0.25, 0.3) is 5.91 Å². The first-order valence-electron chi connectivity index (χ1n) is 6.17. The first kappa shape index (κ1) is 19.4. The summed E-state index contributed by atoms with van der Waals surface area (Å²) in [6, 6.07) is 5.26. The van der Waals surface area contributed by atoms with E-state index in [0.717, 1.165) is 18.7 Å². The predicted molar refractivity (Wildman–Crippen MR) is 85.1 cm³/mol. The molecule has 2 rings (SSSR count). The summed E-state index contributed by atoms with van der Waals surface area (Å²) in [5, 5.41) is 9.63. The number of rotatable bonds is 6. The monoisotopic (exact) mass is 332 g/mol. The van der Waals surface area contributed by atoms with E-state index in [1.165, 1.54) is 0 Å². The molecule has 0 fully saturated rings. The Kier molecular flexibility index (Phi) is 9.36. The van der Waals surface area contributed by atoms with Crippen LogP contribution in [0.5, 0.6) is 0 Å². The molecule has 0 spiro atoms. The topological polar surface area (TPSA) is 80.0 Å². The number of hydrogen-bond acceptors (Lipinski definition) is 5. The molecular formula is C13H18Cl2N4O2. The van der Waals surface area contributed by atoms with E-state index in [4.69, 9.17) is 4.52 Å². The fraction of sp³-hybridized carbons (Fsp3) is 0.308. The highest BCUT2D eigenvalue weighted by molar-refractivity contribution is 5.93. The zero-order chi connectivity index (χ0) is 13.5. The van der Waals surface area contributed by atoms with Crippen molar-refractivity contribution in [2.24, 2.45) is 0 Å². The van der Waals surface area contributed by atoms with Gasteiger partial charge in [-0.2, -0.15) is 0 Å². The van der Waals surface area contributed by atoms with E-state index in [1.54, 1.807) is 24.5 Å². The minimum atomic E-state index is -0.239. The van der Waals surface area contributed by atoms with Crippen LogP contribution in [0.2, 0.25) is 0 Å². The maximum absolute atomic E-state index is 11.8. The minimum absolute atomic E-state index is 0. The van der Waals surface area contributed by atoms with Crippen molar-refractivity contribution < 1.29 is 9.32 Å². The lowest BCUT2D eigenvalue weighted by molar-refractivity contribution is 0.0945. The molecule has 0 bridgehead atoms. The summed E-state index contributed by atoms with van der Waals surface area (Å²) in [5.74, 6) is 0.293. The van der Waals surface area contributed by atoms with Gasteiger partial charge in [-0.05, 0) is 18.7 Å². The van der Waals surface area contributed by atoms with Gasteiger partial charge in [-0.25, -0.2) is 0 Å². The Balaban J connectivity index is 0.00000200. The highest BCUT2D eigenvalue weighted by Crippen LogP contribution is 2.18. The Morgan fingerprint density at radius 2 is 2.14 bits per heavy atom. The maximum atomic E-state index is 11.8. The van der Waals surface area contributed by atoms with Crippen molar-refractivity contribution in [2.75, 3.05) is 19.6 Å². The van der Waals surface area contributed by atoms with Crippen LogP contribution in [0.1, 0.15) is 17.4 Å². The van der Waals surface area contributed by atoms with E-state index in [-0.39, 0.29) is 36.4 Å². The van der Waals surface area contributed by atoms with Gasteiger partial charge in [0.15, 0.2) is 11.5 Å². The third-order valence-electron chi connectivity index (χ3n) is 2.53. The number of carbonyl (C=O) groups is 1. The number of likely N-dealkylation sites (N-methyl/N-ethyl adjacent to an activating group) is 1. The molecule has 0 aliphatic rings. The van der Waals surface area contributed by atoms with Crippen molar-refractivity contribution in [3.8, 4) is 11.3 Å². The maximum Gasteiger partial charge on any atom is 0.273 e. The summed E-state index contributed by atoms with van der Waals surface area (Å²) in [4.78, 5) is 15.8. The third kappa shape index (κ3) is 5.71. The Morgan fingerprint density at radius 1 is 1.33 bits per heavy atom.